The number of thioether (sulfide) groups is 1. The summed E-state index contributed by atoms with van der Waals surface area (Å²) in [5.74, 6) is 0.226. The Morgan fingerprint density at radius 3 is 2.46 bits per heavy atom. The first-order chi connectivity index (χ1) is 19.4. The predicted octanol–water partition coefficient (Wildman–Crippen LogP) is 5.07. The molecule has 1 saturated heterocycles. The maximum atomic E-state index is 13.6. The molecule has 0 spiro atoms. The molecular formula is C25H30F6N6O2S2. The van der Waals surface area contributed by atoms with E-state index in [1.165, 1.54) is 28.9 Å². The number of carbonyl (C=O) groups excluding carboxylic acids is 1. The van der Waals surface area contributed by atoms with Crippen molar-refractivity contribution in [3.8, 4) is 12.8 Å². The molecule has 3 rings (SSSR count). The molecule has 0 bridgehead atoms. The van der Waals surface area contributed by atoms with E-state index in [4.69, 9.17) is 5.11 Å². The number of anilines is 1. The van der Waals surface area contributed by atoms with Crippen LogP contribution in [0.4, 0.5) is 32.2 Å². The van der Waals surface area contributed by atoms with E-state index in [2.05, 4.69) is 39.8 Å². The first kappa shape index (κ1) is 35.9. The van der Waals surface area contributed by atoms with E-state index >= 15 is 0 Å². The van der Waals surface area contributed by atoms with E-state index in [0.29, 0.717) is 11.7 Å². The van der Waals surface area contributed by atoms with Crippen molar-refractivity contribution < 1.29 is 36.2 Å². The van der Waals surface area contributed by atoms with Crippen molar-refractivity contribution in [3.63, 3.8) is 0 Å². The molecule has 41 heavy (non-hydrogen) atoms. The molecule has 0 saturated carbocycles. The van der Waals surface area contributed by atoms with Gasteiger partial charge >= 0.3 is 12.9 Å². The van der Waals surface area contributed by atoms with Gasteiger partial charge in [0.15, 0.2) is 0 Å². The van der Waals surface area contributed by atoms with Gasteiger partial charge in [0.2, 0.25) is 0 Å². The summed E-state index contributed by atoms with van der Waals surface area (Å²) < 4.78 is 69.8. The average molecular weight is 625 g/mol. The molecule has 1 aliphatic heterocycles. The lowest BCUT2D eigenvalue weighted by atomic mass is 10.1. The summed E-state index contributed by atoms with van der Waals surface area (Å²) in [6, 6.07) is 1.09. The normalized spacial score (nSPS) is 15.9. The van der Waals surface area contributed by atoms with Gasteiger partial charge in [0.1, 0.15) is 11.9 Å². The largest absolute Gasteiger partial charge is 0.410 e. The van der Waals surface area contributed by atoms with Crippen molar-refractivity contribution in [3.05, 3.63) is 44.9 Å². The molecule has 1 unspecified atom stereocenters. The highest BCUT2D eigenvalue weighted by molar-refractivity contribution is 8.02. The second-order valence-corrected chi connectivity index (χ2v) is 10.1. The lowest BCUT2D eigenvalue weighted by molar-refractivity contribution is -0.189. The van der Waals surface area contributed by atoms with Gasteiger partial charge in [-0.15, -0.1) is 35.9 Å². The fourth-order valence-electron chi connectivity index (χ4n) is 3.67. The number of hydrogen-bond donors (Lipinski definition) is 2. The van der Waals surface area contributed by atoms with Crippen LogP contribution in [0.3, 0.4) is 0 Å². The summed E-state index contributed by atoms with van der Waals surface area (Å²) in [5, 5.41) is 14.9. The lowest BCUT2D eigenvalue weighted by Crippen LogP contribution is -2.60. The number of aliphatic hydroxyl groups excluding tert-OH is 1. The molecule has 1 fully saturated rings. The van der Waals surface area contributed by atoms with Crippen molar-refractivity contribution >= 4 is 47.2 Å². The van der Waals surface area contributed by atoms with Gasteiger partial charge in [-0.05, 0) is 38.1 Å². The smallest absolute Gasteiger partial charge is 0.395 e. The number of hydrogen-bond acceptors (Lipinski definition) is 9. The third-order valence-electron chi connectivity index (χ3n) is 5.37. The van der Waals surface area contributed by atoms with Gasteiger partial charge in [-0.1, -0.05) is 0 Å². The van der Waals surface area contributed by atoms with Crippen molar-refractivity contribution in [2.75, 3.05) is 44.0 Å². The predicted molar refractivity (Wildman–Crippen MR) is 151 cm³/mol. The minimum Gasteiger partial charge on any atom is -0.395 e. The topological polar surface area (TPSA) is 94.0 Å². The first-order valence-electron chi connectivity index (χ1n) is 11.8. The van der Waals surface area contributed by atoms with Gasteiger partial charge in [0.25, 0.3) is 5.91 Å². The zero-order chi connectivity index (χ0) is 31.2. The number of aliphatic imine (C=N–C) groups is 1. The zero-order valence-corrected chi connectivity index (χ0v) is 23.9. The molecule has 1 amide bonds. The van der Waals surface area contributed by atoms with E-state index < -0.39 is 24.8 Å². The maximum absolute atomic E-state index is 13.6. The third kappa shape index (κ3) is 11.7. The number of nitrogens with one attached hydrogen (secondary N) is 1. The van der Waals surface area contributed by atoms with Gasteiger partial charge in [-0.25, -0.2) is 9.97 Å². The van der Waals surface area contributed by atoms with Crippen LogP contribution in [-0.4, -0.2) is 95.1 Å². The van der Waals surface area contributed by atoms with E-state index in [1.807, 2.05) is 19.3 Å². The number of aliphatic hydroxyl groups is 1. The van der Waals surface area contributed by atoms with Crippen LogP contribution in [0.5, 0.6) is 0 Å². The van der Waals surface area contributed by atoms with Gasteiger partial charge in [-0.2, -0.15) is 26.3 Å². The van der Waals surface area contributed by atoms with Crippen molar-refractivity contribution in [1.82, 2.24) is 19.8 Å². The highest BCUT2D eigenvalue weighted by Crippen LogP contribution is 2.30. The molecule has 16 heteroatoms. The molecule has 1 atom stereocenters. The quantitative estimate of drug-likeness (QED) is 0.132. The highest BCUT2D eigenvalue weighted by Gasteiger charge is 2.48. The molecular weight excluding hydrogens is 594 g/mol. The molecule has 2 aromatic rings. The number of aromatic nitrogens is 2. The summed E-state index contributed by atoms with van der Waals surface area (Å²) in [6.07, 6.45) is 4.71. The lowest BCUT2D eigenvalue weighted by Gasteiger charge is -2.41. The third-order valence-corrected chi connectivity index (χ3v) is 7.16. The van der Waals surface area contributed by atoms with Crippen LogP contribution in [0.15, 0.2) is 28.7 Å². The van der Waals surface area contributed by atoms with Crippen LogP contribution >= 0.6 is 23.1 Å². The second-order valence-electron chi connectivity index (χ2n) is 8.06. The Balaban J connectivity index is 0.00000129. The van der Waals surface area contributed by atoms with Gasteiger partial charge in [0.05, 0.1) is 39.3 Å². The maximum Gasteiger partial charge on any atom is 0.410 e. The number of rotatable bonds is 9. The average Bonchev–Trinajstić information content (AvgIpc) is 3.26. The Morgan fingerprint density at radius 1 is 1.32 bits per heavy atom. The summed E-state index contributed by atoms with van der Waals surface area (Å²) >= 11 is 2.99. The Bertz CT molecular complexity index is 1150. The Labute approximate surface area is 242 Å². The van der Waals surface area contributed by atoms with E-state index in [9.17, 15) is 31.1 Å². The molecule has 226 valence electrons. The first-order valence-corrected chi connectivity index (χ1v) is 13.6. The zero-order valence-electron chi connectivity index (χ0n) is 22.2. The molecule has 2 N–H and O–H groups in total. The van der Waals surface area contributed by atoms with E-state index in [0.717, 1.165) is 26.2 Å². The van der Waals surface area contributed by atoms with Crippen LogP contribution in [0, 0.1) is 26.7 Å². The number of carbonyl (C=O) groups is 1. The molecule has 0 aromatic carbocycles. The summed E-state index contributed by atoms with van der Waals surface area (Å²) in [7, 11) is 0. The van der Waals surface area contributed by atoms with Crippen molar-refractivity contribution in [1.29, 1.82) is 0 Å². The number of terminal acetylenes is 1. The van der Waals surface area contributed by atoms with Gasteiger partial charge < -0.3 is 15.3 Å². The highest BCUT2D eigenvalue weighted by atomic mass is 32.2. The number of amides is 1. The fourth-order valence-corrected chi connectivity index (χ4v) is 5.30. The number of nitrogens with zero attached hydrogens (tertiary/aromatic N) is 5. The van der Waals surface area contributed by atoms with E-state index in [1.54, 1.807) is 17.4 Å². The monoisotopic (exact) mass is 624 g/mol. The molecule has 1 aliphatic rings. The van der Waals surface area contributed by atoms with Crippen molar-refractivity contribution in [2.24, 2.45) is 4.99 Å². The van der Waals surface area contributed by atoms with Crippen LogP contribution < -0.4 is 5.32 Å². The Hall–Kier alpha value is -3.13. The molecule has 8 nitrogen and oxygen atoms in total. The molecule has 3 heterocycles. The van der Waals surface area contributed by atoms with Crippen LogP contribution in [0.1, 0.15) is 25.9 Å². The van der Waals surface area contributed by atoms with Gasteiger partial charge in [0, 0.05) is 32.4 Å². The molecule has 2 aromatic heterocycles. The summed E-state index contributed by atoms with van der Waals surface area (Å²) in [4.78, 5) is 28.8. The SMILES string of the molecule is C#C.C=N/C(=C\SCNc1ccc(C(=O)N2CCN(CCO)CC2C(F)(F)F)cn1)c1sc(C)nc1C.FC(F)F. The Morgan fingerprint density at radius 2 is 1.98 bits per heavy atom. The molecule has 0 radical (unpaired) electrons. The minimum absolute atomic E-state index is 0.0790. The van der Waals surface area contributed by atoms with Crippen LogP contribution in [-0.2, 0) is 0 Å². The number of thiazole rings is 1. The standard InChI is InChI=1S/C22H27F3N6O2S2.C2H2.CHF3/c1-14-20(35-15(2)29-14)17(26-3)12-34-13-28-19-5-4-16(10-27-19)21(33)31-7-6-30(8-9-32)11-18(31)22(23,24)25;1-2;2-1(3)4/h4-5,10,12,18,32H,3,6-9,11,13H2,1-2H3,(H,27,28);1-2H;1H/b17-12-;;. The van der Waals surface area contributed by atoms with Crippen LogP contribution in [0.25, 0.3) is 5.70 Å². The minimum atomic E-state index is -4.57. The summed E-state index contributed by atoms with van der Waals surface area (Å²) in [6.45, 7) is 3.51. The van der Waals surface area contributed by atoms with E-state index in [-0.39, 0.29) is 38.3 Å². The number of aryl methyl sites for hydroxylation is 2. The van der Waals surface area contributed by atoms with Crippen molar-refractivity contribution in [2.45, 2.75) is 32.7 Å². The second kappa shape index (κ2) is 17.6. The number of pyridine rings is 1. The van der Waals surface area contributed by atoms with Crippen LogP contribution in [0.2, 0.25) is 0 Å². The van der Waals surface area contributed by atoms with Gasteiger partial charge in [-0.3, -0.25) is 14.7 Å². The summed E-state index contributed by atoms with van der Waals surface area (Å²) in [5.41, 5.74) is 1.71. The Kier molecular flexibility index (Phi) is 15.4. The number of alkyl halides is 6. The number of piperazine rings is 1. The number of halogens is 6. The fraction of sp³-hybridized carbons (Fsp3) is 0.440. The molecule has 0 aliphatic carbocycles. The number of β-amino-alcohol motifs (C(OH)–C–C–N with tert-alkyl or cyclic N) is 1.